The summed E-state index contributed by atoms with van der Waals surface area (Å²) in [5.74, 6) is -1.93. The molecule has 0 heterocycles. The van der Waals surface area contributed by atoms with E-state index in [1.54, 1.807) is 7.11 Å². The van der Waals surface area contributed by atoms with Crippen molar-refractivity contribution >= 4 is 0 Å². The molecule has 5 heteroatoms. The molecule has 1 aromatic rings. The van der Waals surface area contributed by atoms with Crippen molar-refractivity contribution in [2.24, 2.45) is 0 Å². The van der Waals surface area contributed by atoms with Crippen LogP contribution in [0, 0.1) is 11.6 Å². The molecule has 0 radical (unpaired) electrons. The molecule has 3 nitrogen and oxygen atoms in total. The van der Waals surface area contributed by atoms with Crippen LogP contribution in [-0.2, 0) is 4.74 Å². The van der Waals surface area contributed by atoms with Gasteiger partial charge in [-0.2, -0.15) is 4.39 Å². The molecule has 0 aromatic heterocycles. The second-order valence-corrected chi connectivity index (χ2v) is 3.97. The maximum Gasteiger partial charge on any atom is 0.200 e. The van der Waals surface area contributed by atoms with Crippen LogP contribution in [0.15, 0.2) is 18.2 Å². The summed E-state index contributed by atoms with van der Waals surface area (Å²) in [6, 6.07) is 3.84. The van der Waals surface area contributed by atoms with Gasteiger partial charge in [0.15, 0.2) is 11.6 Å². The zero-order valence-corrected chi connectivity index (χ0v) is 10.7. The molecule has 1 rings (SSSR count). The Bertz CT molecular complexity index is 361. The van der Waals surface area contributed by atoms with Crippen LogP contribution in [0.2, 0.25) is 0 Å². The minimum atomic E-state index is -0.954. The van der Waals surface area contributed by atoms with E-state index < -0.39 is 11.6 Å². The molecule has 0 bridgehead atoms. The van der Waals surface area contributed by atoms with Gasteiger partial charge < -0.3 is 14.8 Å². The normalized spacial score (nSPS) is 12.4. The Morgan fingerprint density at radius 1 is 1.28 bits per heavy atom. The predicted molar refractivity (Wildman–Crippen MR) is 65.8 cm³/mol. The van der Waals surface area contributed by atoms with Gasteiger partial charge in [0.05, 0.1) is 12.6 Å². The van der Waals surface area contributed by atoms with Crippen LogP contribution in [0.3, 0.4) is 0 Å². The van der Waals surface area contributed by atoms with E-state index in [0.29, 0.717) is 6.61 Å². The van der Waals surface area contributed by atoms with Crippen molar-refractivity contribution in [2.75, 3.05) is 26.9 Å². The lowest BCUT2D eigenvalue weighted by Gasteiger charge is -2.18. The summed E-state index contributed by atoms with van der Waals surface area (Å²) < 4.78 is 36.6. The molecule has 0 spiro atoms. The highest BCUT2D eigenvalue weighted by molar-refractivity contribution is 5.25. The first-order valence-corrected chi connectivity index (χ1v) is 5.98. The number of hydrogen-bond donors (Lipinski definition) is 1. The Kier molecular flexibility index (Phi) is 6.60. The monoisotopic (exact) mass is 259 g/mol. The molecule has 18 heavy (non-hydrogen) atoms. The summed E-state index contributed by atoms with van der Waals surface area (Å²) in [4.78, 5) is 0. The van der Waals surface area contributed by atoms with E-state index in [2.05, 4.69) is 5.32 Å². The van der Waals surface area contributed by atoms with Crippen molar-refractivity contribution in [3.8, 4) is 5.75 Å². The molecule has 0 aliphatic rings. The van der Waals surface area contributed by atoms with Gasteiger partial charge in [-0.15, -0.1) is 0 Å². The molecule has 1 N–H and O–H groups in total. The number of halogens is 2. The first-order chi connectivity index (χ1) is 8.69. The van der Waals surface area contributed by atoms with E-state index in [1.165, 1.54) is 12.1 Å². The Morgan fingerprint density at radius 3 is 2.72 bits per heavy atom. The van der Waals surface area contributed by atoms with E-state index in [1.807, 2.05) is 6.92 Å². The Labute approximate surface area is 106 Å². The Hall–Kier alpha value is -1.20. The van der Waals surface area contributed by atoms with Crippen molar-refractivity contribution in [1.82, 2.24) is 5.32 Å². The number of nitrogens with one attached hydrogen (secondary N) is 1. The maximum absolute atomic E-state index is 13.3. The van der Waals surface area contributed by atoms with Gasteiger partial charge in [0.1, 0.15) is 6.61 Å². The summed E-state index contributed by atoms with van der Waals surface area (Å²) in [6.07, 6.45) is 0.981. The molecule has 0 aliphatic carbocycles. The van der Waals surface area contributed by atoms with Crippen molar-refractivity contribution in [1.29, 1.82) is 0 Å². The lowest BCUT2D eigenvalue weighted by atomic mass is 10.3. The molecule has 102 valence electrons. The lowest BCUT2D eigenvalue weighted by molar-refractivity contribution is 0.134. The molecule has 1 aromatic carbocycles. The summed E-state index contributed by atoms with van der Waals surface area (Å²) in [5.41, 5.74) is 0. The van der Waals surface area contributed by atoms with Crippen LogP contribution in [0.1, 0.15) is 13.3 Å². The Morgan fingerprint density at radius 2 is 2.06 bits per heavy atom. The van der Waals surface area contributed by atoms with E-state index in [-0.39, 0.29) is 18.4 Å². The molecule has 1 atom stereocenters. The second-order valence-electron chi connectivity index (χ2n) is 3.97. The summed E-state index contributed by atoms with van der Waals surface area (Å²) in [6.45, 7) is 3.55. The first kappa shape index (κ1) is 14.9. The van der Waals surface area contributed by atoms with Crippen LogP contribution in [0.4, 0.5) is 8.78 Å². The summed E-state index contributed by atoms with van der Waals surface area (Å²) in [7, 11) is 1.59. The number of hydrogen-bond acceptors (Lipinski definition) is 3. The SMILES string of the molecule is CCCNC(COC)COc1cccc(F)c1F. The first-order valence-electron chi connectivity index (χ1n) is 5.98. The minimum Gasteiger partial charge on any atom is -0.489 e. The van der Waals surface area contributed by atoms with E-state index in [9.17, 15) is 8.78 Å². The van der Waals surface area contributed by atoms with E-state index in [4.69, 9.17) is 9.47 Å². The van der Waals surface area contributed by atoms with Crippen molar-refractivity contribution < 1.29 is 18.3 Å². The molecule has 0 saturated heterocycles. The summed E-state index contributed by atoms with van der Waals surface area (Å²) in [5, 5.41) is 3.21. The van der Waals surface area contributed by atoms with Crippen LogP contribution in [0.25, 0.3) is 0 Å². The smallest absolute Gasteiger partial charge is 0.200 e. The molecule has 0 aliphatic heterocycles. The Balaban J connectivity index is 2.52. The standard InChI is InChI=1S/C13H19F2NO2/c1-3-7-16-10(8-17-2)9-18-12-6-4-5-11(14)13(12)15/h4-6,10,16H,3,7-9H2,1-2H3. The number of ether oxygens (including phenoxy) is 2. The topological polar surface area (TPSA) is 30.5 Å². The van der Waals surface area contributed by atoms with Crippen molar-refractivity contribution in [3.05, 3.63) is 29.8 Å². The van der Waals surface area contributed by atoms with Crippen LogP contribution < -0.4 is 10.1 Å². The minimum absolute atomic E-state index is 0.0439. The number of benzene rings is 1. The molecular formula is C13H19F2NO2. The van der Waals surface area contributed by atoms with Gasteiger partial charge in [0, 0.05) is 7.11 Å². The summed E-state index contributed by atoms with van der Waals surface area (Å²) >= 11 is 0. The molecular weight excluding hydrogens is 240 g/mol. The van der Waals surface area contributed by atoms with Gasteiger partial charge in [0.25, 0.3) is 0 Å². The zero-order chi connectivity index (χ0) is 13.4. The van der Waals surface area contributed by atoms with Crippen LogP contribution in [0.5, 0.6) is 5.75 Å². The average molecular weight is 259 g/mol. The highest BCUT2D eigenvalue weighted by Gasteiger charge is 2.12. The highest BCUT2D eigenvalue weighted by atomic mass is 19.2. The third kappa shape index (κ3) is 4.58. The van der Waals surface area contributed by atoms with E-state index >= 15 is 0 Å². The largest absolute Gasteiger partial charge is 0.489 e. The third-order valence-corrected chi connectivity index (χ3v) is 2.41. The lowest BCUT2D eigenvalue weighted by Crippen LogP contribution is -2.38. The molecule has 0 saturated carbocycles. The van der Waals surface area contributed by atoms with Gasteiger partial charge >= 0.3 is 0 Å². The van der Waals surface area contributed by atoms with Crippen molar-refractivity contribution in [3.63, 3.8) is 0 Å². The average Bonchev–Trinajstić information content (AvgIpc) is 2.37. The van der Waals surface area contributed by atoms with Gasteiger partial charge in [-0.05, 0) is 25.1 Å². The third-order valence-electron chi connectivity index (χ3n) is 2.41. The quantitative estimate of drug-likeness (QED) is 0.777. The molecule has 0 fully saturated rings. The number of methoxy groups -OCH3 is 1. The van der Waals surface area contributed by atoms with Gasteiger partial charge in [-0.1, -0.05) is 13.0 Å². The molecule has 1 unspecified atom stereocenters. The fourth-order valence-electron chi connectivity index (χ4n) is 1.50. The fourth-order valence-corrected chi connectivity index (χ4v) is 1.50. The van der Waals surface area contributed by atoms with E-state index in [0.717, 1.165) is 19.0 Å². The fraction of sp³-hybridized carbons (Fsp3) is 0.538. The number of rotatable bonds is 8. The van der Waals surface area contributed by atoms with Gasteiger partial charge in [-0.3, -0.25) is 0 Å². The van der Waals surface area contributed by atoms with Crippen LogP contribution >= 0.6 is 0 Å². The molecule has 0 amide bonds. The predicted octanol–water partition coefficient (Wildman–Crippen LogP) is 2.36. The van der Waals surface area contributed by atoms with Crippen molar-refractivity contribution in [2.45, 2.75) is 19.4 Å². The zero-order valence-electron chi connectivity index (χ0n) is 10.7. The van der Waals surface area contributed by atoms with Gasteiger partial charge in [0.2, 0.25) is 5.82 Å². The van der Waals surface area contributed by atoms with Gasteiger partial charge in [-0.25, -0.2) is 4.39 Å². The highest BCUT2D eigenvalue weighted by Crippen LogP contribution is 2.19. The van der Waals surface area contributed by atoms with Crippen LogP contribution in [-0.4, -0.2) is 32.9 Å². The maximum atomic E-state index is 13.3. The second kappa shape index (κ2) is 8.00.